The standard InChI is InChI=1S/C14H23N3O3/c1-9(2)7-11-13(19)17(14(20)16-11)8-12(18)15-10-5-3-4-6-10/h9-11H,3-8H2,1-2H3,(H,15,18)(H,16,20). The quantitative estimate of drug-likeness (QED) is 0.738. The number of hydrogen-bond acceptors (Lipinski definition) is 3. The summed E-state index contributed by atoms with van der Waals surface area (Å²) < 4.78 is 0. The Hall–Kier alpha value is -1.59. The van der Waals surface area contributed by atoms with Crippen molar-refractivity contribution in [1.82, 2.24) is 15.5 Å². The third-order valence-electron chi connectivity index (χ3n) is 3.84. The Morgan fingerprint density at radius 2 is 2.00 bits per heavy atom. The predicted octanol–water partition coefficient (Wildman–Crippen LogP) is 1.01. The molecule has 0 aromatic carbocycles. The van der Waals surface area contributed by atoms with E-state index in [0.717, 1.165) is 30.6 Å². The number of nitrogens with one attached hydrogen (secondary N) is 2. The zero-order valence-electron chi connectivity index (χ0n) is 12.1. The van der Waals surface area contributed by atoms with Gasteiger partial charge in [-0.1, -0.05) is 26.7 Å². The largest absolute Gasteiger partial charge is 0.352 e. The second kappa shape index (κ2) is 6.24. The van der Waals surface area contributed by atoms with Crippen molar-refractivity contribution in [2.24, 2.45) is 5.92 Å². The third-order valence-corrected chi connectivity index (χ3v) is 3.84. The molecule has 0 bridgehead atoms. The normalized spacial score (nSPS) is 23.6. The van der Waals surface area contributed by atoms with Crippen molar-refractivity contribution >= 4 is 17.8 Å². The fourth-order valence-electron chi connectivity index (χ4n) is 2.84. The Kier molecular flexibility index (Phi) is 4.62. The molecule has 6 heteroatoms. The van der Waals surface area contributed by atoms with E-state index in [4.69, 9.17) is 0 Å². The number of carbonyl (C=O) groups is 3. The Morgan fingerprint density at radius 1 is 1.35 bits per heavy atom. The molecule has 1 saturated heterocycles. The predicted molar refractivity (Wildman–Crippen MR) is 73.9 cm³/mol. The number of imide groups is 1. The fourth-order valence-corrected chi connectivity index (χ4v) is 2.84. The highest BCUT2D eigenvalue weighted by Crippen LogP contribution is 2.18. The van der Waals surface area contributed by atoms with Gasteiger partial charge in [0.25, 0.3) is 5.91 Å². The molecule has 0 aromatic rings. The number of nitrogens with zero attached hydrogens (tertiary/aromatic N) is 1. The van der Waals surface area contributed by atoms with Gasteiger partial charge >= 0.3 is 6.03 Å². The van der Waals surface area contributed by atoms with E-state index in [0.29, 0.717) is 12.3 Å². The molecular weight excluding hydrogens is 258 g/mol. The van der Waals surface area contributed by atoms with Gasteiger partial charge in [-0.2, -0.15) is 0 Å². The van der Waals surface area contributed by atoms with Crippen LogP contribution in [0.15, 0.2) is 0 Å². The van der Waals surface area contributed by atoms with E-state index in [2.05, 4.69) is 10.6 Å². The van der Waals surface area contributed by atoms with Crippen molar-refractivity contribution < 1.29 is 14.4 Å². The van der Waals surface area contributed by atoms with Gasteiger partial charge in [0.1, 0.15) is 12.6 Å². The van der Waals surface area contributed by atoms with Crippen LogP contribution in [0.4, 0.5) is 4.79 Å². The number of hydrogen-bond donors (Lipinski definition) is 2. The molecule has 2 aliphatic rings. The Morgan fingerprint density at radius 3 is 2.60 bits per heavy atom. The van der Waals surface area contributed by atoms with Gasteiger partial charge in [-0.15, -0.1) is 0 Å². The van der Waals surface area contributed by atoms with Crippen LogP contribution in [0.3, 0.4) is 0 Å². The molecule has 1 aliphatic carbocycles. The van der Waals surface area contributed by atoms with Crippen molar-refractivity contribution in [3.8, 4) is 0 Å². The number of rotatable bonds is 5. The second-order valence-electron chi connectivity index (χ2n) is 6.10. The van der Waals surface area contributed by atoms with Crippen molar-refractivity contribution in [2.45, 2.75) is 58.0 Å². The summed E-state index contributed by atoms with van der Waals surface area (Å²) in [5, 5.41) is 5.53. The lowest BCUT2D eigenvalue weighted by Crippen LogP contribution is -2.43. The first-order chi connectivity index (χ1) is 9.47. The first-order valence-electron chi connectivity index (χ1n) is 7.38. The van der Waals surface area contributed by atoms with Crippen LogP contribution in [0.2, 0.25) is 0 Å². The summed E-state index contributed by atoms with van der Waals surface area (Å²) >= 11 is 0. The van der Waals surface area contributed by atoms with Gasteiger partial charge in [0, 0.05) is 6.04 Å². The van der Waals surface area contributed by atoms with Crippen molar-refractivity contribution in [2.75, 3.05) is 6.54 Å². The number of urea groups is 1. The minimum atomic E-state index is -0.484. The Bertz CT molecular complexity index is 402. The summed E-state index contributed by atoms with van der Waals surface area (Å²) in [6, 6.07) is -0.737. The summed E-state index contributed by atoms with van der Waals surface area (Å²) in [5.41, 5.74) is 0. The monoisotopic (exact) mass is 281 g/mol. The van der Waals surface area contributed by atoms with Crippen LogP contribution in [0.5, 0.6) is 0 Å². The SMILES string of the molecule is CC(C)CC1NC(=O)N(CC(=O)NC2CCCC2)C1=O. The molecule has 1 heterocycles. The molecule has 4 amide bonds. The van der Waals surface area contributed by atoms with Crippen LogP contribution in [0, 0.1) is 5.92 Å². The number of carbonyl (C=O) groups excluding carboxylic acids is 3. The molecule has 20 heavy (non-hydrogen) atoms. The maximum absolute atomic E-state index is 12.1. The summed E-state index contributed by atoms with van der Waals surface area (Å²) in [4.78, 5) is 36.8. The summed E-state index contributed by atoms with van der Waals surface area (Å²) in [6.07, 6.45) is 4.84. The van der Waals surface area contributed by atoms with Crippen LogP contribution in [-0.2, 0) is 9.59 Å². The van der Waals surface area contributed by atoms with Crippen LogP contribution >= 0.6 is 0 Å². The second-order valence-corrected chi connectivity index (χ2v) is 6.10. The van der Waals surface area contributed by atoms with E-state index in [-0.39, 0.29) is 24.4 Å². The zero-order valence-corrected chi connectivity index (χ0v) is 12.1. The van der Waals surface area contributed by atoms with Crippen molar-refractivity contribution in [3.63, 3.8) is 0 Å². The highest BCUT2D eigenvalue weighted by molar-refractivity contribution is 6.06. The van der Waals surface area contributed by atoms with Crippen LogP contribution in [-0.4, -0.2) is 41.4 Å². The molecule has 2 rings (SSSR count). The average Bonchev–Trinajstić information content (AvgIpc) is 2.93. The van der Waals surface area contributed by atoms with Gasteiger partial charge in [-0.3, -0.25) is 14.5 Å². The minimum Gasteiger partial charge on any atom is -0.352 e. The van der Waals surface area contributed by atoms with Crippen LogP contribution < -0.4 is 10.6 Å². The van der Waals surface area contributed by atoms with Gasteiger partial charge in [0.2, 0.25) is 5.91 Å². The van der Waals surface area contributed by atoms with E-state index < -0.39 is 12.1 Å². The van der Waals surface area contributed by atoms with Crippen LogP contribution in [0.1, 0.15) is 46.0 Å². The Labute approximate surface area is 119 Å². The lowest BCUT2D eigenvalue weighted by Gasteiger charge is -2.16. The van der Waals surface area contributed by atoms with E-state index in [1.807, 2.05) is 13.8 Å². The molecule has 0 aromatic heterocycles. The van der Waals surface area contributed by atoms with Gasteiger partial charge in [-0.05, 0) is 25.2 Å². The zero-order chi connectivity index (χ0) is 14.7. The van der Waals surface area contributed by atoms with Gasteiger partial charge < -0.3 is 10.6 Å². The molecule has 112 valence electrons. The molecule has 6 nitrogen and oxygen atoms in total. The lowest BCUT2D eigenvalue weighted by molar-refractivity contribution is -0.132. The highest BCUT2D eigenvalue weighted by Gasteiger charge is 2.39. The Balaban J connectivity index is 1.86. The van der Waals surface area contributed by atoms with E-state index >= 15 is 0 Å². The van der Waals surface area contributed by atoms with E-state index in [1.165, 1.54) is 0 Å². The third kappa shape index (κ3) is 3.49. The topological polar surface area (TPSA) is 78.5 Å². The highest BCUT2D eigenvalue weighted by atomic mass is 16.2. The van der Waals surface area contributed by atoms with Gasteiger partial charge in [-0.25, -0.2) is 4.79 Å². The van der Waals surface area contributed by atoms with Gasteiger partial charge in [0.15, 0.2) is 0 Å². The molecular formula is C14H23N3O3. The molecule has 0 radical (unpaired) electrons. The molecule has 1 unspecified atom stereocenters. The molecule has 0 spiro atoms. The first kappa shape index (κ1) is 14.8. The fraction of sp³-hybridized carbons (Fsp3) is 0.786. The maximum Gasteiger partial charge on any atom is 0.325 e. The summed E-state index contributed by atoms with van der Waals surface area (Å²) in [6.45, 7) is 3.82. The first-order valence-corrected chi connectivity index (χ1v) is 7.38. The van der Waals surface area contributed by atoms with E-state index in [1.54, 1.807) is 0 Å². The molecule has 2 fully saturated rings. The summed E-state index contributed by atoms with van der Waals surface area (Å²) in [7, 11) is 0. The van der Waals surface area contributed by atoms with Crippen LogP contribution in [0.25, 0.3) is 0 Å². The van der Waals surface area contributed by atoms with E-state index in [9.17, 15) is 14.4 Å². The lowest BCUT2D eigenvalue weighted by atomic mass is 10.0. The smallest absolute Gasteiger partial charge is 0.325 e. The summed E-state index contributed by atoms with van der Waals surface area (Å²) in [5.74, 6) is -0.215. The maximum atomic E-state index is 12.1. The minimum absolute atomic E-state index is 0.171. The van der Waals surface area contributed by atoms with Crippen molar-refractivity contribution in [3.05, 3.63) is 0 Å². The van der Waals surface area contributed by atoms with Gasteiger partial charge in [0.05, 0.1) is 0 Å². The number of amides is 4. The molecule has 1 atom stereocenters. The molecule has 1 aliphatic heterocycles. The molecule has 1 saturated carbocycles. The van der Waals surface area contributed by atoms with Crippen molar-refractivity contribution in [1.29, 1.82) is 0 Å². The molecule has 2 N–H and O–H groups in total. The average molecular weight is 281 g/mol.